The molecule has 0 aliphatic carbocycles. The van der Waals surface area contributed by atoms with Crippen molar-refractivity contribution in [2.75, 3.05) is 33.3 Å². The summed E-state index contributed by atoms with van der Waals surface area (Å²) in [5.41, 5.74) is 2.74. The van der Waals surface area contributed by atoms with Crippen LogP contribution in [0.25, 0.3) is 0 Å². The van der Waals surface area contributed by atoms with Crippen LogP contribution in [-0.4, -0.2) is 49.0 Å². The van der Waals surface area contributed by atoms with Crippen molar-refractivity contribution in [2.24, 2.45) is 0 Å². The van der Waals surface area contributed by atoms with Crippen LogP contribution in [0.2, 0.25) is 0 Å². The lowest BCUT2D eigenvalue weighted by atomic mass is 9.96. The third-order valence-electron chi connectivity index (χ3n) is 5.59. The fourth-order valence-electron chi connectivity index (χ4n) is 4.09. The second-order valence-electron chi connectivity index (χ2n) is 7.40. The molecule has 0 bridgehead atoms. The molecule has 1 saturated heterocycles. The molecule has 0 atom stereocenters. The van der Waals surface area contributed by atoms with E-state index in [9.17, 15) is 9.18 Å². The largest absolute Gasteiger partial charge is 0.496 e. The highest BCUT2D eigenvalue weighted by molar-refractivity contribution is 5.97. The summed E-state index contributed by atoms with van der Waals surface area (Å²) in [6.45, 7) is 2.62. The molecule has 1 amide bonds. The van der Waals surface area contributed by atoms with E-state index in [1.54, 1.807) is 4.90 Å². The Bertz CT molecular complexity index is 947. The molecule has 5 heteroatoms. The third-order valence-corrected chi connectivity index (χ3v) is 5.59. The molecule has 3 aromatic carbocycles. The molecule has 4 rings (SSSR count). The van der Waals surface area contributed by atoms with Crippen molar-refractivity contribution in [2.45, 2.75) is 6.04 Å². The van der Waals surface area contributed by atoms with Crippen molar-refractivity contribution < 1.29 is 13.9 Å². The summed E-state index contributed by atoms with van der Waals surface area (Å²) in [6.07, 6.45) is 0. The Labute approximate surface area is 176 Å². The Balaban J connectivity index is 1.53. The number of nitrogens with zero attached hydrogens (tertiary/aromatic N) is 2. The highest BCUT2D eigenvalue weighted by Crippen LogP contribution is 2.30. The van der Waals surface area contributed by atoms with Crippen molar-refractivity contribution in [3.63, 3.8) is 0 Å². The molecule has 0 spiro atoms. The number of halogens is 1. The fourth-order valence-corrected chi connectivity index (χ4v) is 4.09. The summed E-state index contributed by atoms with van der Waals surface area (Å²) < 4.78 is 19.0. The van der Waals surface area contributed by atoms with Gasteiger partial charge in [0.1, 0.15) is 11.6 Å². The van der Waals surface area contributed by atoms with Gasteiger partial charge in [0.15, 0.2) is 0 Å². The van der Waals surface area contributed by atoms with Crippen molar-refractivity contribution >= 4 is 5.91 Å². The van der Waals surface area contributed by atoms with Gasteiger partial charge >= 0.3 is 0 Å². The molecular formula is C25H25FN2O2. The van der Waals surface area contributed by atoms with Gasteiger partial charge in [-0.25, -0.2) is 4.39 Å². The molecule has 0 unspecified atom stereocenters. The summed E-state index contributed by atoms with van der Waals surface area (Å²) in [7, 11) is 1.49. The minimum absolute atomic E-state index is 0.133. The zero-order valence-corrected chi connectivity index (χ0v) is 17.0. The van der Waals surface area contributed by atoms with E-state index < -0.39 is 5.82 Å². The average molecular weight is 404 g/mol. The number of ether oxygens (including phenoxy) is 1. The second kappa shape index (κ2) is 9.09. The third kappa shape index (κ3) is 4.21. The number of carbonyl (C=O) groups is 1. The van der Waals surface area contributed by atoms with E-state index in [2.05, 4.69) is 53.4 Å². The fraction of sp³-hybridized carbons (Fsp3) is 0.240. The first-order valence-electron chi connectivity index (χ1n) is 10.1. The number of methoxy groups -OCH3 is 1. The van der Waals surface area contributed by atoms with Crippen LogP contribution < -0.4 is 4.74 Å². The molecule has 1 aliphatic heterocycles. The summed E-state index contributed by atoms with van der Waals surface area (Å²) in [4.78, 5) is 17.2. The molecule has 0 aromatic heterocycles. The van der Waals surface area contributed by atoms with E-state index in [4.69, 9.17) is 4.74 Å². The lowest BCUT2D eigenvalue weighted by Gasteiger charge is -2.40. The first-order chi connectivity index (χ1) is 14.7. The van der Waals surface area contributed by atoms with Crippen LogP contribution in [0.5, 0.6) is 5.75 Å². The minimum atomic E-state index is -0.439. The van der Waals surface area contributed by atoms with Crippen LogP contribution >= 0.6 is 0 Å². The summed E-state index contributed by atoms with van der Waals surface area (Å²) >= 11 is 0. The van der Waals surface area contributed by atoms with Crippen molar-refractivity contribution in [1.29, 1.82) is 0 Å². The van der Waals surface area contributed by atoms with Gasteiger partial charge < -0.3 is 9.64 Å². The maximum absolute atomic E-state index is 13.7. The quantitative estimate of drug-likeness (QED) is 0.633. The van der Waals surface area contributed by atoms with Crippen LogP contribution in [-0.2, 0) is 0 Å². The lowest BCUT2D eigenvalue weighted by molar-refractivity contribution is 0.0594. The summed E-state index contributed by atoms with van der Waals surface area (Å²) in [5, 5.41) is 0. The molecule has 4 nitrogen and oxygen atoms in total. The van der Waals surface area contributed by atoms with Gasteiger partial charge in [0.2, 0.25) is 0 Å². The molecule has 0 saturated carbocycles. The molecule has 154 valence electrons. The van der Waals surface area contributed by atoms with E-state index >= 15 is 0 Å². The SMILES string of the molecule is COc1ccc(F)cc1C(=O)N1CCN(C(c2ccccc2)c2ccccc2)CC1. The van der Waals surface area contributed by atoms with Crippen LogP contribution in [0.15, 0.2) is 78.9 Å². The topological polar surface area (TPSA) is 32.8 Å². The van der Waals surface area contributed by atoms with Crippen LogP contribution in [0.4, 0.5) is 4.39 Å². The Morgan fingerprint density at radius 3 is 1.97 bits per heavy atom. The molecule has 1 fully saturated rings. The van der Waals surface area contributed by atoms with Gasteiger partial charge in [-0.15, -0.1) is 0 Å². The van der Waals surface area contributed by atoms with Crippen LogP contribution in [0.3, 0.4) is 0 Å². The summed E-state index contributed by atoms with van der Waals surface area (Å²) in [5.74, 6) is -0.233. The number of piperazine rings is 1. The monoisotopic (exact) mass is 404 g/mol. The van der Waals surface area contributed by atoms with Gasteiger partial charge in [-0.1, -0.05) is 60.7 Å². The highest BCUT2D eigenvalue weighted by atomic mass is 19.1. The molecule has 0 radical (unpaired) electrons. The van der Waals surface area contributed by atoms with Gasteiger partial charge in [-0.3, -0.25) is 9.69 Å². The molecular weight excluding hydrogens is 379 g/mol. The number of rotatable bonds is 5. The Morgan fingerprint density at radius 2 is 1.43 bits per heavy atom. The minimum Gasteiger partial charge on any atom is -0.496 e. The van der Waals surface area contributed by atoms with Gasteiger partial charge in [-0.05, 0) is 29.3 Å². The first-order valence-corrected chi connectivity index (χ1v) is 10.1. The number of benzene rings is 3. The molecule has 30 heavy (non-hydrogen) atoms. The van der Waals surface area contributed by atoms with E-state index in [1.165, 1.54) is 36.4 Å². The van der Waals surface area contributed by atoms with Gasteiger partial charge in [0, 0.05) is 26.2 Å². The average Bonchev–Trinajstić information content (AvgIpc) is 2.81. The molecule has 3 aromatic rings. The van der Waals surface area contributed by atoms with Crippen molar-refractivity contribution in [3.8, 4) is 5.75 Å². The van der Waals surface area contributed by atoms with Crippen LogP contribution in [0.1, 0.15) is 27.5 Å². The summed E-state index contributed by atoms with van der Waals surface area (Å²) in [6, 6.07) is 25.0. The van der Waals surface area contributed by atoms with Gasteiger partial charge in [0.25, 0.3) is 5.91 Å². The smallest absolute Gasteiger partial charge is 0.257 e. The Morgan fingerprint density at radius 1 is 0.867 bits per heavy atom. The second-order valence-corrected chi connectivity index (χ2v) is 7.40. The predicted octanol–water partition coefficient (Wildman–Crippen LogP) is 4.38. The number of carbonyl (C=O) groups excluding carboxylic acids is 1. The number of hydrogen-bond acceptors (Lipinski definition) is 3. The maximum atomic E-state index is 13.7. The zero-order chi connectivity index (χ0) is 20.9. The normalized spacial score (nSPS) is 14.7. The highest BCUT2D eigenvalue weighted by Gasteiger charge is 2.29. The standard InChI is InChI=1S/C25H25FN2O2/c1-30-23-13-12-21(26)18-22(23)25(29)28-16-14-27(15-17-28)24(19-8-4-2-5-9-19)20-10-6-3-7-11-20/h2-13,18,24H,14-17H2,1H3. The predicted molar refractivity (Wildman–Crippen MR) is 115 cm³/mol. The van der Waals surface area contributed by atoms with Gasteiger partial charge in [0.05, 0.1) is 18.7 Å². The molecule has 0 N–H and O–H groups in total. The molecule has 1 aliphatic rings. The number of hydrogen-bond donors (Lipinski definition) is 0. The van der Waals surface area contributed by atoms with E-state index in [1.807, 2.05) is 12.1 Å². The van der Waals surface area contributed by atoms with E-state index in [0.717, 1.165) is 13.1 Å². The van der Waals surface area contributed by atoms with Gasteiger partial charge in [-0.2, -0.15) is 0 Å². The maximum Gasteiger partial charge on any atom is 0.257 e. The zero-order valence-electron chi connectivity index (χ0n) is 17.0. The Kier molecular flexibility index (Phi) is 6.10. The van der Waals surface area contributed by atoms with Crippen LogP contribution in [0, 0.1) is 5.82 Å². The Hall–Kier alpha value is -3.18. The van der Waals surface area contributed by atoms with E-state index in [-0.39, 0.29) is 17.5 Å². The molecule has 1 heterocycles. The number of amides is 1. The first kappa shape index (κ1) is 20.1. The lowest BCUT2D eigenvalue weighted by Crippen LogP contribution is -2.50. The van der Waals surface area contributed by atoms with E-state index in [0.29, 0.717) is 18.8 Å². The van der Waals surface area contributed by atoms with Crippen molar-refractivity contribution in [3.05, 3.63) is 101 Å². The van der Waals surface area contributed by atoms with Crippen molar-refractivity contribution in [1.82, 2.24) is 9.80 Å².